The second-order valence-electron chi connectivity index (χ2n) is 5.61. The Morgan fingerprint density at radius 3 is 3.08 bits per heavy atom. The number of benzene rings is 1. The lowest BCUT2D eigenvalue weighted by Gasteiger charge is -2.05. The number of hydrogen-bond acceptors (Lipinski definition) is 5. The van der Waals surface area contributed by atoms with Gasteiger partial charge in [-0.1, -0.05) is 0 Å². The van der Waals surface area contributed by atoms with E-state index in [1.54, 1.807) is 25.3 Å². The summed E-state index contributed by atoms with van der Waals surface area (Å²) >= 11 is 0. The molecule has 0 fully saturated rings. The standard InChI is InChI=1S/C18H17N3O4/c1-23-15-3-2-8-21-10-13(20-17(15)21)6-7-19-18(22)12-4-5-14-16(9-12)25-11-24-14/h2-5,8-10H,6-7,11H2,1H3,(H,19,22). The van der Waals surface area contributed by atoms with Gasteiger partial charge in [-0.15, -0.1) is 0 Å². The number of hydrogen-bond donors (Lipinski definition) is 1. The van der Waals surface area contributed by atoms with Crippen LogP contribution in [0.2, 0.25) is 0 Å². The Hall–Kier alpha value is -3.22. The van der Waals surface area contributed by atoms with E-state index in [0.29, 0.717) is 30.0 Å². The second kappa shape index (κ2) is 6.35. The molecule has 1 aromatic carbocycles. The molecule has 7 heteroatoms. The minimum Gasteiger partial charge on any atom is -0.493 e. The van der Waals surface area contributed by atoms with Gasteiger partial charge in [0, 0.05) is 30.9 Å². The average Bonchev–Trinajstić information content (AvgIpc) is 3.26. The van der Waals surface area contributed by atoms with Crippen LogP contribution in [0, 0.1) is 0 Å². The number of fused-ring (bicyclic) bond motifs is 2. The number of methoxy groups -OCH3 is 1. The molecule has 3 heterocycles. The maximum Gasteiger partial charge on any atom is 0.251 e. The third-order valence-corrected chi connectivity index (χ3v) is 4.02. The van der Waals surface area contributed by atoms with Gasteiger partial charge in [0.2, 0.25) is 6.79 Å². The fraction of sp³-hybridized carbons (Fsp3) is 0.222. The highest BCUT2D eigenvalue weighted by molar-refractivity contribution is 5.94. The van der Waals surface area contributed by atoms with E-state index in [4.69, 9.17) is 14.2 Å². The van der Waals surface area contributed by atoms with Crippen LogP contribution in [0.3, 0.4) is 0 Å². The lowest BCUT2D eigenvalue weighted by atomic mass is 10.2. The summed E-state index contributed by atoms with van der Waals surface area (Å²) in [7, 11) is 1.62. The third-order valence-electron chi connectivity index (χ3n) is 4.02. The monoisotopic (exact) mass is 339 g/mol. The molecule has 2 aromatic heterocycles. The number of pyridine rings is 1. The Balaban J connectivity index is 1.40. The van der Waals surface area contributed by atoms with E-state index >= 15 is 0 Å². The highest BCUT2D eigenvalue weighted by Crippen LogP contribution is 2.32. The first kappa shape index (κ1) is 15.3. The molecular formula is C18H17N3O4. The lowest BCUT2D eigenvalue weighted by Crippen LogP contribution is -2.25. The van der Waals surface area contributed by atoms with Crippen LogP contribution in [-0.4, -0.2) is 35.7 Å². The normalized spacial score (nSPS) is 12.4. The maximum atomic E-state index is 12.3. The molecule has 0 bridgehead atoms. The van der Waals surface area contributed by atoms with Crippen LogP contribution in [0.25, 0.3) is 5.65 Å². The zero-order chi connectivity index (χ0) is 17.2. The number of nitrogens with one attached hydrogen (secondary N) is 1. The summed E-state index contributed by atoms with van der Waals surface area (Å²) in [6, 6.07) is 8.92. The summed E-state index contributed by atoms with van der Waals surface area (Å²) in [5, 5.41) is 2.90. The molecule has 0 atom stereocenters. The van der Waals surface area contributed by atoms with Gasteiger partial charge in [-0.2, -0.15) is 0 Å². The number of carbonyl (C=O) groups excluding carboxylic acids is 1. The second-order valence-corrected chi connectivity index (χ2v) is 5.61. The molecule has 0 spiro atoms. The fourth-order valence-electron chi connectivity index (χ4n) is 2.76. The van der Waals surface area contributed by atoms with Gasteiger partial charge in [-0.05, 0) is 30.3 Å². The van der Waals surface area contributed by atoms with Gasteiger partial charge < -0.3 is 23.9 Å². The summed E-state index contributed by atoms with van der Waals surface area (Å²) in [5.41, 5.74) is 2.19. The van der Waals surface area contributed by atoms with Gasteiger partial charge in [-0.25, -0.2) is 4.98 Å². The molecule has 1 aliphatic rings. The predicted octanol–water partition coefficient (Wildman–Crippen LogP) is 2.04. The van der Waals surface area contributed by atoms with E-state index in [0.717, 1.165) is 17.1 Å². The molecule has 3 aromatic rings. The number of imidazole rings is 1. The highest BCUT2D eigenvalue weighted by Gasteiger charge is 2.16. The average molecular weight is 339 g/mol. The van der Waals surface area contributed by atoms with Crippen LogP contribution in [0.4, 0.5) is 0 Å². The number of aromatic nitrogens is 2. The van der Waals surface area contributed by atoms with Crippen molar-refractivity contribution in [3.63, 3.8) is 0 Å². The summed E-state index contributed by atoms with van der Waals surface area (Å²) in [5.74, 6) is 1.83. The van der Waals surface area contributed by atoms with Crippen LogP contribution in [0.1, 0.15) is 16.1 Å². The molecule has 1 aliphatic heterocycles. The van der Waals surface area contributed by atoms with E-state index < -0.39 is 0 Å². The zero-order valence-corrected chi connectivity index (χ0v) is 13.7. The fourth-order valence-corrected chi connectivity index (χ4v) is 2.76. The summed E-state index contributed by atoms with van der Waals surface area (Å²) < 4.78 is 17.8. The molecule has 4 rings (SSSR count). The van der Waals surface area contributed by atoms with E-state index in [1.807, 2.05) is 28.9 Å². The Morgan fingerprint density at radius 1 is 1.32 bits per heavy atom. The maximum absolute atomic E-state index is 12.3. The van der Waals surface area contributed by atoms with E-state index in [1.165, 1.54) is 0 Å². The molecule has 0 saturated heterocycles. The van der Waals surface area contributed by atoms with E-state index in [-0.39, 0.29) is 12.7 Å². The summed E-state index contributed by atoms with van der Waals surface area (Å²) in [4.78, 5) is 16.8. The summed E-state index contributed by atoms with van der Waals surface area (Å²) in [6.45, 7) is 0.678. The van der Waals surface area contributed by atoms with Crippen LogP contribution < -0.4 is 19.5 Å². The smallest absolute Gasteiger partial charge is 0.251 e. The number of carbonyl (C=O) groups is 1. The van der Waals surface area contributed by atoms with Gasteiger partial charge >= 0.3 is 0 Å². The first-order valence-corrected chi connectivity index (χ1v) is 7.93. The van der Waals surface area contributed by atoms with Crippen LogP contribution in [-0.2, 0) is 6.42 Å². The Bertz CT molecular complexity index is 935. The molecule has 1 N–H and O–H groups in total. The molecule has 25 heavy (non-hydrogen) atoms. The lowest BCUT2D eigenvalue weighted by molar-refractivity contribution is 0.0953. The topological polar surface area (TPSA) is 74.1 Å². The largest absolute Gasteiger partial charge is 0.493 e. The van der Waals surface area contributed by atoms with Gasteiger partial charge in [0.15, 0.2) is 22.9 Å². The number of nitrogens with zero attached hydrogens (tertiary/aromatic N) is 2. The molecule has 0 aliphatic carbocycles. The molecule has 128 valence electrons. The minimum atomic E-state index is -0.153. The van der Waals surface area contributed by atoms with Gasteiger partial charge in [0.25, 0.3) is 5.91 Å². The minimum absolute atomic E-state index is 0.153. The SMILES string of the molecule is COc1cccn2cc(CCNC(=O)c3ccc4c(c3)OCO4)nc12. The molecule has 0 radical (unpaired) electrons. The van der Waals surface area contributed by atoms with Crippen molar-refractivity contribution in [3.05, 3.63) is 54.0 Å². The number of ether oxygens (including phenoxy) is 3. The quantitative estimate of drug-likeness (QED) is 0.770. The van der Waals surface area contributed by atoms with Crippen molar-refractivity contribution in [2.24, 2.45) is 0 Å². The van der Waals surface area contributed by atoms with Crippen LogP contribution >= 0.6 is 0 Å². The van der Waals surface area contributed by atoms with Crippen molar-refractivity contribution in [1.82, 2.24) is 14.7 Å². The molecule has 7 nitrogen and oxygen atoms in total. The van der Waals surface area contributed by atoms with Crippen LogP contribution in [0.5, 0.6) is 17.2 Å². The van der Waals surface area contributed by atoms with Crippen molar-refractivity contribution in [2.45, 2.75) is 6.42 Å². The summed E-state index contributed by atoms with van der Waals surface area (Å²) in [6.07, 6.45) is 4.48. The molecular weight excluding hydrogens is 322 g/mol. The van der Waals surface area contributed by atoms with Crippen molar-refractivity contribution in [2.75, 3.05) is 20.4 Å². The zero-order valence-electron chi connectivity index (χ0n) is 13.7. The van der Waals surface area contributed by atoms with E-state index in [9.17, 15) is 4.79 Å². The van der Waals surface area contributed by atoms with Crippen molar-refractivity contribution < 1.29 is 19.0 Å². The first-order valence-electron chi connectivity index (χ1n) is 7.93. The first-order chi connectivity index (χ1) is 12.2. The van der Waals surface area contributed by atoms with Gasteiger partial charge in [0.1, 0.15) is 0 Å². The third kappa shape index (κ3) is 2.96. The highest BCUT2D eigenvalue weighted by atomic mass is 16.7. The van der Waals surface area contributed by atoms with Crippen molar-refractivity contribution in [3.8, 4) is 17.2 Å². The van der Waals surface area contributed by atoms with Gasteiger partial charge in [0.05, 0.1) is 12.8 Å². The Kier molecular flexibility index (Phi) is 3.89. The van der Waals surface area contributed by atoms with E-state index in [2.05, 4.69) is 10.3 Å². The van der Waals surface area contributed by atoms with Gasteiger partial charge in [-0.3, -0.25) is 4.79 Å². The van der Waals surface area contributed by atoms with Crippen molar-refractivity contribution >= 4 is 11.6 Å². The van der Waals surface area contributed by atoms with Crippen LogP contribution in [0.15, 0.2) is 42.7 Å². The number of amides is 1. The molecule has 0 saturated carbocycles. The Labute approximate surface area is 144 Å². The molecule has 0 unspecified atom stereocenters. The molecule has 1 amide bonds. The predicted molar refractivity (Wildman–Crippen MR) is 90.3 cm³/mol. The Morgan fingerprint density at radius 2 is 2.20 bits per heavy atom. The number of rotatable bonds is 5. The van der Waals surface area contributed by atoms with Crippen molar-refractivity contribution in [1.29, 1.82) is 0 Å².